The van der Waals surface area contributed by atoms with E-state index in [1.807, 2.05) is 0 Å². The van der Waals surface area contributed by atoms with Gasteiger partial charge < -0.3 is 65.6 Å². The summed E-state index contributed by atoms with van der Waals surface area (Å²) >= 11 is 0. The highest BCUT2D eigenvalue weighted by atomic mass is 16.5. The maximum Gasteiger partial charge on any atom is 0.200 e. The Morgan fingerprint density at radius 1 is 0.488 bits per heavy atom. The number of phenols is 8. The third kappa shape index (κ3) is 4.37. The van der Waals surface area contributed by atoms with Crippen molar-refractivity contribution in [2.24, 2.45) is 0 Å². The molecular weight excluding hydrogens is 568 g/mol. The molecule has 0 spiro atoms. The van der Waals surface area contributed by atoms with Gasteiger partial charge in [0.2, 0.25) is 5.75 Å². The van der Waals surface area contributed by atoms with Gasteiger partial charge in [0.15, 0.2) is 41.0 Å². The van der Waals surface area contributed by atoms with Crippen molar-refractivity contribution in [3.8, 4) is 57.5 Å². The maximum atomic E-state index is 11.8. The summed E-state index contributed by atoms with van der Waals surface area (Å²) in [6.45, 7) is 0. The van der Waals surface area contributed by atoms with Crippen LogP contribution in [0.25, 0.3) is 0 Å². The smallest absolute Gasteiger partial charge is 0.200 e. The highest BCUT2D eigenvalue weighted by Crippen LogP contribution is 2.56. The Labute approximate surface area is 242 Å². The summed E-state index contributed by atoms with van der Waals surface area (Å²) in [6, 6.07) is 10.7. The summed E-state index contributed by atoms with van der Waals surface area (Å²) in [7, 11) is 0. The van der Waals surface area contributed by atoms with Gasteiger partial charge in [0.25, 0.3) is 0 Å². The van der Waals surface area contributed by atoms with Gasteiger partial charge in [-0.2, -0.15) is 0 Å². The third-order valence-electron chi connectivity index (χ3n) is 7.80. The molecule has 224 valence electrons. The summed E-state index contributed by atoms with van der Waals surface area (Å²) < 4.78 is 11.9. The number of rotatable bonds is 3. The van der Waals surface area contributed by atoms with Gasteiger partial charge in [-0.25, -0.2) is 0 Å². The quantitative estimate of drug-likeness (QED) is 0.153. The van der Waals surface area contributed by atoms with Crippen molar-refractivity contribution >= 4 is 0 Å². The van der Waals surface area contributed by atoms with Crippen LogP contribution in [0.4, 0.5) is 0 Å². The normalized spacial score (nSPS) is 24.3. The van der Waals surface area contributed by atoms with E-state index in [1.165, 1.54) is 36.4 Å². The van der Waals surface area contributed by atoms with Crippen LogP contribution in [0.5, 0.6) is 57.5 Å². The first kappa shape index (κ1) is 27.9. The standard InChI is InChI=1S/C30H26O13/c31-11-1-3-13-19(7-11)42-29(10-5-16(33)24(37)17(34)6-10)27(40)21(13)22-15(9-18(35)25(38)26(22)39)30-28(41)23(36)14-4-2-12(32)8-20(14)43-30/h1-9,21,23,27-41H. The van der Waals surface area contributed by atoms with Gasteiger partial charge in [-0.05, 0) is 36.4 Å². The number of hydrogen-bond acceptors (Lipinski definition) is 13. The Balaban J connectivity index is 1.57. The molecule has 0 saturated heterocycles. The molecule has 0 fully saturated rings. The molecule has 4 aromatic carbocycles. The molecule has 0 bridgehead atoms. The molecule has 6 unspecified atom stereocenters. The average Bonchev–Trinajstić information content (AvgIpc) is 2.96. The number of aliphatic hydroxyl groups excluding tert-OH is 3. The van der Waals surface area contributed by atoms with Gasteiger partial charge in [-0.1, -0.05) is 6.07 Å². The first-order valence-electron chi connectivity index (χ1n) is 12.9. The molecule has 6 rings (SSSR count). The Hall–Kier alpha value is -5.24. The monoisotopic (exact) mass is 594 g/mol. The predicted octanol–water partition coefficient (Wildman–Crippen LogP) is 2.49. The predicted molar refractivity (Wildman–Crippen MR) is 145 cm³/mol. The van der Waals surface area contributed by atoms with Crippen LogP contribution in [-0.2, 0) is 0 Å². The summed E-state index contributed by atoms with van der Waals surface area (Å²) in [5.41, 5.74) is -0.158. The Morgan fingerprint density at radius 2 is 1.02 bits per heavy atom. The molecular formula is C30H26O13. The second kappa shape index (κ2) is 9.94. The minimum atomic E-state index is -1.71. The minimum absolute atomic E-state index is 0.0217. The first-order chi connectivity index (χ1) is 20.4. The number of aliphatic hydroxyl groups is 3. The maximum absolute atomic E-state index is 11.8. The Kier molecular flexibility index (Phi) is 6.45. The molecule has 13 nitrogen and oxygen atoms in total. The SMILES string of the molecule is Oc1ccc2c(c1)OC(c1cc(O)c(O)c(O)c1C1c3ccc(O)cc3OC(c3cc(O)c(O)c(O)c3)C1O)C(O)C2O. The zero-order valence-electron chi connectivity index (χ0n) is 21.9. The molecule has 43 heavy (non-hydrogen) atoms. The van der Waals surface area contributed by atoms with Gasteiger partial charge in [0.05, 0.1) is 0 Å². The van der Waals surface area contributed by atoms with Crippen molar-refractivity contribution in [2.75, 3.05) is 0 Å². The Bertz CT molecular complexity index is 1730. The van der Waals surface area contributed by atoms with E-state index < -0.39 is 70.9 Å². The van der Waals surface area contributed by atoms with Crippen molar-refractivity contribution in [2.45, 2.75) is 36.4 Å². The average molecular weight is 595 g/mol. The van der Waals surface area contributed by atoms with Crippen molar-refractivity contribution < 1.29 is 65.6 Å². The fourth-order valence-corrected chi connectivity index (χ4v) is 5.74. The largest absolute Gasteiger partial charge is 0.508 e. The molecule has 6 atom stereocenters. The molecule has 0 radical (unpaired) electrons. The second-order valence-electron chi connectivity index (χ2n) is 10.4. The third-order valence-corrected chi connectivity index (χ3v) is 7.80. The van der Waals surface area contributed by atoms with Crippen LogP contribution in [0.3, 0.4) is 0 Å². The molecule has 13 heteroatoms. The van der Waals surface area contributed by atoms with Gasteiger partial charge in [-0.15, -0.1) is 0 Å². The minimum Gasteiger partial charge on any atom is -0.508 e. The fraction of sp³-hybridized carbons (Fsp3) is 0.200. The van der Waals surface area contributed by atoms with Crippen LogP contribution < -0.4 is 9.47 Å². The summed E-state index contributed by atoms with van der Waals surface area (Å²) in [4.78, 5) is 0. The van der Waals surface area contributed by atoms with Crippen LogP contribution in [0.1, 0.15) is 52.0 Å². The van der Waals surface area contributed by atoms with E-state index in [1.54, 1.807) is 0 Å². The summed E-state index contributed by atoms with van der Waals surface area (Å²) in [5, 5.41) is 116. The summed E-state index contributed by atoms with van der Waals surface area (Å²) in [6.07, 6.45) is -7.93. The van der Waals surface area contributed by atoms with E-state index >= 15 is 0 Å². The number of fused-ring (bicyclic) bond motifs is 2. The van der Waals surface area contributed by atoms with Gasteiger partial charge in [0, 0.05) is 45.9 Å². The zero-order chi connectivity index (χ0) is 30.9. The number of ether oxygens (including phenoxy) is 2. The number of aromatic hydroxyl groups is 8. The molecule has 2 aliphatic heterocycles. The molecule has 11 N–H and O–H groups in total. The first-order valence-corrected chi connectivity index (χ1v) is 12.9. The molecule has 4 aromatic rings. The number of hydrogen-bond donors (Lipinski definition) is 11. The van der Waals surface area contributed by atoms with Crippen LogP contribution in [0.2, 0.25) is 0 Å². The second-order valence-corrected chi connectivity index (χ2v) is 10.4. The lowest BCUT2D eigenvalue weighted by Crippen LogP contribution is -2.38. The van der Waals surface area contributed by atoms with Gasteiger partial charge >= 0.3 is 0 Å². The summed E-state index contributed by atoms with van der Waals surface area (Å²) in [5.74, 6) is -6.86. The van der Waals surface area contributed by atoms with E-state index in [4.69, 9.17) is 9.47 Å². The fourth-order valence-electron chi connectivity index (χ4n) is 5.74. The van der Waals surface area contributed by atoms with E-state index in [-0.39, 0.29) is 50.8 Å². The van der Waals surface area contributed by atoms with Crippen LogP contribution in [0.15, 0.2) is 54.6 Å². The zero-order valence-corrected chi connectivity index (χ0v) is 21.9. The van der Waals surface area contributed by atoms with E-state index in [0.717, 1.165) is 18.2 Å². The highest BCUT2D eigenvalue weighted by molar-refractivity contribution is 5.64. The van der Waals surface area contributed by atoms with E-state index in [2.05, 4.69) is 0 Å². The molecule has 2 heterocycles. The van der Waals surface area contributed by atoms with Gasteiger partial charge in [-0.3, -0.25) is 0 Å². The lowest BCUT2D eigenvalue weighted by Gasteiger charge is -2.40. The van der Waals surface area contributed by atoms with Crippen molar-refractivity contribution in [1.82, 2.24) is 0 Å². The van der Waals surface area contributed by atoms with E-state index in [9.17, 15) is 56.2 Å². The molecule has 0 amide bonds. The number of phenolic OH excluding ortho intramolecular Hbond substituents is 8. The van der Waals surface area contributed by atoms with Crippen molar-refractivity contribution in [3.63, 3.8) is 0 Å². The lowest BCUT2D eigenvalue weighted by molar-refractivity contribution is -0.0709. The highest BCUT2D eigenvalue weighted by Gasteiger charge is 2.46. The topological polar surface area (TPSA) is 241 Å². The van der Waals surface area contributed by atoms with E-state index in [0.29, 0.717) is 0 Å². The van der Waals surface area contributed by atoms with Crippen LogP contribution in [-0.4, -0.2) is 68.4 Å². The number of benzene rings is 4. The van der Waals surface area contributed by atoms with Crippen LogP contribution >= 0.6 is 0 Å². The molecule has 0 aromatic heterocycles. The van der Waals surface area contributed by atoms with Crippen LogP contribution in [0, 0.1) is 0 Å². The molecule has 0 saturated carbocycles. The molecule has 0 aliphatic carbocycles. The Morgan fingerprint density at radius 3 is 1.65 bits per heavy atom. The lowest BCUT2D eigenvalue weighted by atomic mass is 9.76. The van der Waals surface area contributed by atoms with Gasteiger partial charge in [0.1, 0.15) is 41.3 Å². The van der Waals surface area contributed by atoms with Crippen molar-refractivity contribution in [3.05, 3.63) is 82.4 Å². The molecule has 2 aliphatic rings. The van der Waals surface area contributed by atoms with Crippen molar-refractivity contribution in [1.29, 1.82) is 0 Å².